The van der Waals surface area contributed by atoms with E-state index in [1.807, 2.05) is 54.1 Å². The zero-order valence-corrected chi connectivity index (χ0v) is 19.1. The van der Waals surface area contributed by atoms with Crippen molar-refractivity contribution in [1.29, 1.82) is 0 Å². The maximum absolute atomic E-state index is 12.9. The zero-order valence-electron chi connectivity index (χ0n) is 18.4. The van der Waals surface area contributed by atoms with Gasteiger partial charge in [-0.25, -0.2) is 4.68 Å². The highest BCUT2D eigenvalue weighted by molar-refractivity contribution is 6.31. The number of benzene rings is 2. The molecule has 32 heavy (non-hydrogen) atoms. The summed E-state index contributed by atoms with van der Waals surface area (Å²) in [7, 11) is 0. The van der Waals surface area contributed by atoms with E-state index < -0.39 is 0 Å². The van der Waals surface area contributed by atoms with E-state index in [0.29, 0.717) is 34.6 Å². The first-order valence-corrected chi connectivity index (χ1v) is 10.7. The Kier molecular flexibility index (Phi) is 6.10. The summed E-state index contributed by atoms with van der Waals surface area (Å²) in [5, 5.41) is 16.2. The van der Waals surface area contributed by atoms with Crippen molar-refractivity contribution in [2.75, 3.05) is 0 Å². The van der Waals surface area contributed by atoms with E-state index in [1.165, 1.54) is 0 Å². The van der Waals surface area contributed by atoms with Crippen molar-refractivity contribution in [3.63, 3.8) is 0 Å². The minimum absolute atomic E-state index is 0.183. The molecule has 164 valence electrons. The second-order valence-corrected chi connectivity index (χ2v) is 8.32. The molecule has 0 saturated heterocycles. The Balaban J connectivity index is 1.61. The average Bonchev–Trinajstić information content (AvgIpc) is 3.40. The minimum Gasteiger partial charge on any atom is -0.420 e. The summed E-state index contributed by atoms with van der Waals surface area (Å²) in [4.78, 5) is 12.9. The third kappa shape index (κ3) is 4.43. The normalized spacial score (nSPS) is 11.2. The third-order valence-electron chi connectivity index (χ3n) is 5.21. The van der Waals surface area contributed by atoms with Crippen LogP contribution < -0.4 is 5.32 Å². The molecule has 0 fully saturated rings. The monoisotopic (exact) mass is 449 g/mol. The van der Waals surface area contributed by atoms with Crippen LogP contribution in [0.15, 0.2) is 52.9 Å². The molecule has 0 bridgehead atoms. The molecule has 1 N–H and O–H groups in total. The number of carbonyl (C=O) groups is 1. The highest BCUT2D eigenvalue weighted by atomic mass is 35.5. The van der Waals surface area contributed by atoms with E-state index in [4.69, 9.17) is 16.0 Å². The molecule has 0 unspecified atom stereocenters. The van der Waals surface area contributed by atoms with Crippen LogP contribution in [0, 0.1) is 13.8 Å². The second-order valence-electron chi connectivity index (χ2n) is 7.92. The lowest BCUT2D eigenvalue weighted by Gasteiger charge is -2.12. The Labute approximate surface area is 191 Å². The highest BCUT2D eigenvalue weighted by Crippen LogP contribution is 2.26. The number of rotatable bonds is 6. The predicted molar refractivity (Wildman–Crippen MR) is 123 cm³/mol. The van der Waals surface area contributed by atoms with Gasteiger partial charge >= 0.3 is 0 Å². The fourth-order valence-corrected chi connectivity index (χ4v) is 3.75. The maximum Gasteiger partial charge on any atom is 0.268 e. The number of amides is 1. The summed E-state index contributed by atoms with van der Waals surface area (Å²) in [5.41, 5.74) is 4.82. The first kappa shape index (κ1) is 21.8. The van der Waals surface area contributed by atoms with Crippen molar-refractivity contribution in [2.45, 2.75) is 40.2 Å². The van der Waals surface area contributed by atoms with Crippen LogP contribution in [-0.2, 0) is 6.54 Å². The van der Waals surface area contributed by atoms with Crippen LogP contribution in [-0.4, -0.2) is 25.9 Å². The molecule has 2 heterocycles. The molecular weight excluding hydrogens is 426 g/mol. The van der Waals surface area contributed by atoms with Gasteiger partial charge in [0.05, 0.1) is 5.69 Å². The Morgan fingerprint density at radius 2 is 1.91 bits per heavy atom. The number of hydrogen-bond donors (Lipinski definition) is 1. The third-order valence-corrected chi connectivity index (χ3v) is 5.56. The molecule has 2 aromatic heterocycles. The van der Waals surface area contributed by atoms with Gasteiger partial charge in [-0.2, -0.15) is 5.10 Å². The summed E-state index contributed by atoms with van der Waals surface area (Å²) in [5.74, 6) is 0.860. The molecule has 0 atom stereocenters. The Morgan fingerprint density at radius 1 is 1.12 bits per heavy atom. The van der Waals surface area contributed by atoms with Crippen molar-refractivity contribution < 1.29 is 9.21 Å². The quantitative estimate of drug-likeness (QED) is 0.434. The van der Waals surface area contributed by atoms with E-state index in [2.05, 4.69) is 34.5 Å². The van der Waals surface area contributed by atoms with E-state index in [1.54, 1.807) is 13.0 Å². The predicted octanol–water partition coefficient (Wildman–Crippen LogP) is 5.25. The van der Waals surface area contributed by atoms with Crippen LogP contribution in [0.2, 0.25) is 5.02 Å². The second kappa shape index (κ2) is 8.96. The summed E-state index contributed by atoms with van der Waals surface area (Å²) < 4.78 is 7.35. The molecule has 0 spiro atoms. The van der Waals surface area contributed by atoms with Gasteiger partial charge in [0, 0.05) is 29.7 Å². The van der Waals surface area contributed by atoms with E-state index in [0.717, 1.165) is 22.5 Å². The lowest BCUT2D eigenvalue weighted by Crippen LogP contribution is -2.23. The van der Waals surface area contributed by atoms with Crippen LogP contribution in [0.4, 0.5) is 0 Å². The molecule has 4 aromatic rings. The summed E-state index contributed by atoms with van der Waals surface area (Å²) in [6.45, 7) is 8.23. The van der Waals surface area contributed by atoms with Crippen molar-refractivity contribution in [1.82, 2.24) is 25.3 Å². The van der Waals surface area contributed by atoms with E-state index >= 15 is 0 Å². The van der Waals surface area contributed by atoms with E-state index in [-0.39, 0.29) is 11.8 Å². The topological polar surface area (TPSA) is 85.8 Å². The van der Waals surface area contributed by atoms with Gasteiger partial charge in [0.15, 0.2) is 0 Å². The molecule has 0 aliphatic heterocycles. The van der Waals surface area contributed by atoms with Gasteiger partial charge in [-0.3, -0.25) is 4.79 Å². The average molecular weight is 450 g/mol. The van der Waals surface area contributed by atoms with Crippen molar-refractivity contribution in [2.24, 2.45) is 0 Å². The molecule has 4 rings (SSSR count). The van der Waals surface area contributed by atoms with Crippen molar-refractivity contribution in [3.8, 4) is 17.3 Å². The standard InChI is InChI=1S/C24H24ClN5O2/c1-14(2)22-12-21(24-28-27-16(4)32-24)29-30(22)18-9-6-8-17(11-18)23(31)26-13-19-15(3)7-5-10-20(19)25/h5-12,14H,13H2,1-4H3,(H,26,31). The Morgan fingerprint density at radius 3 is 2.59 bits per heavy atom. The van der Waals surface area contributed by atoms with Crippen LogP contribution >= 0.6 is 11.6 Å². The number of halogens is 1. The van der Waals surface area contributed by atoms with Gasteiger partial charge in [0.1, 0.15) is 5.69 Å². The number of nitrogens with one attached hydrogen (secondary N) is 1. The number of nitrogens with zero attached hydrogens (tertiary/aromatic N) is 4. The molecule has 7 nitrogen and oxygen atoms in total. The Hall–Kier alpha value is -3.45. The molecule has 0 aliphatic rings. The lowest BCUT2D eigenvalue weighted by molar-refractivity contribution is 0.0951. The van der Waals surface area contributed by atoms with E-state index in [9.17, 15) is 4.79 Å². The number of carbonyl (C=O) groups excluding carboxylic acids is 1. The van der Waals surface area contributed by atoms with Gasteiger partial charge in [-0.05, 0) is 54.3 Å². The van der Waals surface area contributed by atoms with Crippen LogP contribution in [0.3, 0.4) is 0 Å². The molecule has 2 aromatic carbocycles. The fourth-order valence-electron chi connectivity index (χ4n) is 3.46. The molecule has 1 amide bonds. The molecule has 8 heteroatoms. The van der Waals surface area contributed by atoms with Crippen molar-refractivity contribution >= 4 is 17.5 Å². The van der Waals surface area contributed by atoms with Gasteiger partial charge in [0.2, 0.25) is 5.89 Å². The van der Waals surface area contributed by atoms with Gasteiger partial charge in [-0.1, -0.05) is 43.6 Å². The molecular formula is C24H24ClN5O2. The van der Waals surface area contributed by atoms with Crippen molar-refractivity contribution in [3.05, 3.63) is 81.8 Å². The smallest absolute Gasteiger partial charge is 0.268 e. The van der Waals surface area contributed by atoms with Crippen LogP contribution in [0.5, 0.6) is 0 Å². The van der Waals surface area contributed by atoms with Gasteiger partial charge in [-0.15, -0.1) is 10.2 Å². The molecule has 0 radical (unpaired) electrons. The summed E-state index contributed by atoms with van der Waals surface area (Å²) in [6.07, 6.45) is 0. The summed E-state index contributed by atoms with van der Waals surface area (Å²) >= 11 is 6.29. The summed E-state index contributed by atoms with van der Waals surface area (Å²) in [6, 6.07) is 15.0. The van der Waals surface area contributed by atoms with Crippen LogP contribution in [0.25, 0.3) is 17.3 Å². The molecule has 0 saturated carbocycles. The van der Waals surface area contributed by atoms with Gasteiger partial charge < -0.3 is 9.73 Å². The number of aromatic nitrogens is 4. The number of hydrogen-bond acceptors (Lipinski definition) is 5. The number of aryl methyl sites for hydroxylation is 2. The maximum atomic E-state index is 12.9. The lowest BCUT2D eigenvalue weighted by atomic mass is 10.1. The van der Waals surface area contributed by atoms with Crippen LogP contribution in [0.1, 0.15) is 52.8 Å². The van der Waals surface area contributed by atoms with Gasteiger partial charge in [0.25, 0.3) is 11.8 Å². The first-order valence-electron chi connectivity index (χ1n) is 10.4. The minimum atomic E-state index is -0.183. The Bertz CT molecular complexity index is 1250. The fraction of sp³-hybridized carbons (Fsp3) is 0.250. The SMILES string of the molecule is Cc1nnc(-c2cc(C(C)C)n(-c3cccc(C(=O)NCc4c(C)cccc4Cl)c3)n2)o1. The molecule has 0 aliphatic carbocycles. The first-order chi connectivity index (χ1) is 15.3. The highest BCUT2D eigenvalue weighted by Gasteiger charge is 2.18. The largest absolute Gasteiger partial charge is 0.420 e. The zero-order chi connectivity index (χ0) is 22.8.